The predicted molar refractivity (Wildman–Crippen MR) is 104 cm³/mol. The first-order valence-corrected chi connectivity index (χ1v) is 9.17. The highest BCUT2D eigenvalue weighted by Gasteiger charge is 2.10. The maximum Gasteiger partial charge on any atom is 0.326 e. The molecule has 0 aliphatic heterocycles. The van der Waals surface area contributed by atoms with E-state index in [1.165, 1.54) is 4.57 Å². The molecule has 3 rings (SSSR count). The standard InChI is InChI=1S/C20H18N2O4S/c1-14-13-27-20(25)22(14)11-18(23)26-12-15-7-9-16(10-8-15)19(24)21-17-5-3-2-4-6-17/h2-10,13H,11-12H2,1H3,(H,21,24). The molecule has 0 bridgehead atoms. The number of aromatic nitrogens is 1. The summed E-state index contributed by atoms with van der Waals surface area (Å²) in [5, 5.41) is 4.51. The number of hydrogen-bond donors (Lipinski definition) is 1. The van der Waals surface area contributed by atoms with Crippen LogP contribution >= 0.6 is 11.3 Å². The van der Waals surface area contributed by atoms with Gasteiger partial charge >= 0.3 is 10.8 Å². The van der Waals surface area contributed by atoms with Crippen LogP contribution in [0.1, 0.15) is 21.6 Å². The van der Waals surface area contributed by atoms with Crippen LogP contribution in [0.5, 0.6) is 0 Å². The fourth-order valence-electron chi connectivity index (χ4n) is 2.41. The lowest BCUT2D eigenvalue weighted by Crippen LogP contribution is -2.22. The number of para-hydroxylation sites is 1. The Morgan fingerprint density at radius 3 is 2.41 bits per heavy atom. The van der Waals surface area contributed by atoms with Gasteiger partial charge in [-0.1, -0.05) is 41.7 Å². The molecule has 1 aromatic heterocycles. The van der Waals surface area contributed by atoms with Crippen molar-refractivity contribution in [2.75, 3.05) is 5.32 Å². The Hall–Kier alpha value is -3.19. The lowest BCUT2D eigenvalue weighted by Gasteiger charge is -2.08. The molecule has 0 saturated carbocycles. The van der Waals surface area contributed by atoms with E-state index in [9.17, 15) is 14.4 Å². The molecule has 3 aromatic rings. The minimum Gasteiger partial charge on any atom is -0.459 e. The van der Waals surface area contributed by atoms with Crippen molar-refractivity contribution in [3.8, 4) is 0 Å². The third-order valence-electron chi connectivity index (χ3n) is 3.91. The summed E-state index contributed by atoms with van der Waals surface area (Å²) in [5.41, 5.74) is 2.72. The molecular weight excluding hydrogens is 364 g/mol. The van der Waals surface area contributed by atoms with Crippen LogP contribution in [0.4, 0.5) is 5.69 Å². The van der Waals surface area contributed by atoms with E-state index >= 15 is 0 Å². The number of amides is 1. The highest BCUT2D eigenvalue weighted by molar-refractivity contribution is 7.07. The molecule has 7 heteroatoms. The summed E-state index contributed by atoms with van der Waals surface area (Å²) < 4.78 is 6.59. The van der Waals surface area contributed by atoms with Crippen LogP contribution in [-0.4, -0.2) is 16.4 Å². The molecule has 27 heavy (non-hydrogen) atoms. The molecule has 138 valence electrons. The third-order valence-corrected chi connectivity index (χ3v) is 4.79. The summed E-state index contributed by atoms with van der Waals surface area (Å²) in [6.45, 7) is 1.74. The molecule has 1 N–H and O–H groups in total. The number of hydrogen-bond acceptors (Lipinski definition) is 5. The zero-order chi connectivity index (χ0) is 19.2. The lowest BCUT2D eigenvalue weighted by atomic mass is 10.1. The quantitative estimate of drug-likeness (QED) is 0.664. The first kappa shape index (κ1) is 18.6. The SMILES string of the molecule is Cc1csc(=O)n1CC(=O)OCc1ccc(C(=O)Nc2ccccc2)cc1. The van der Waals surface area contributed by atoms with E-state index in [1.54, 1.807) is 36.6 Å². The fraction of sp³-hybridized carbons (Fsp3) is 0.150. The van der Waals surface area contributed by atoms with E-state index in [0.29, 0.717) is 5.56 Å². The molecule has 6 nitrogen and oxygen atoms in total. The number of nitrogens with one attached hydrogen (secondary N) is 1. The molecular formula is C20H18N2O4S. The Morgan fingerprint density at radius 1 is 1.07 bits per heavy atom. The molecule has 0 radical (unpaired) electrons. The van der Waals surface area contributed by atoms with Crippen molar-refractivity contribution in [2.24, 2.45) is 0 Å². The van der Waals surface area contributed by atoms with Crippen LogP contribution in [0.3, 0.4) is 0 Å². The average Bonchev–Trinajstić information content (AvgIpc) is 2.99. The van der Waals surface area contributed by atoms with Crippen LogP contribution in [0, 0.1) is 6.92 Å². The van der Waals surface area contributed by atoms with Crippen LogP contribution in [0.15, 0.2) is 64.8 Å². The van der Waals surface area contributed by atoms with Gasteiger partial charge in [0.2, 0.25) is 0 Å². The average molecular weight is 382 g/mol. The largest absolute Gasteiger partial charge is 0.459 e. The first-order chi connectivity index (χ1) is 13.0. The van der Waals surface area contributed by atoms with Gasteiger partial charge in [-0.2, -0.15) is 0 Å². The summed E-state index contributed by atoms with van der Waals surface area (Å²) in [6.07, 6.45) is 0. The number of benzene rings is 2. The first-order valence-electron chi connectivity index (χ1n) is 8.29. The van der Waals surface area contributed by atoms with Gasteiger partial charge in [0.15, 0.2) is 0 Å². The number of anilines is 1. The van der Waals surface area contributed by atoms with E-state index < -0.39 is 5.97 Å². The second-order valence-corrected chi connectivity index (χ2v) is 6.73. The molecule has 1 heterocycles. The predicted octanol–water partition coefficient (Wildman–Crippen LogP) is 3.21. The Morgan fingerprint density at radius 2 is 1.78 bits per heavy atom. The monoisotopic (exact) mass is 382 g/mol. The summed E-state index contributed by atoms with van der Waals surface area (Å²) in [6, 6.07) is 16.0. The number of esters is 1. The molecule has 0 saturated heterocycles. The van der Waals surface area contributed by atoms with E-state index in [2.05, 4.69) is 5.32 Å². The van der Waals surface area contributed by atoms with Gasteiger partial charge in [0.25, 0.3) is 5.91 Å². The van der Waals surface area contributed by atoms with Gasteiger partial charge in [-0.25, -0.2) is 0 Å². The van der Waals surface area contributed by atoms with Crippen LogP contribution in [0.25, 0.3) is 0 Å². The van der Waals surface area contributed by atoms with Crippen LogP contribution in [-0.2, 0) is 22.7 Å². The molecule has 0 aliphatic carbocycles. The van der Waals surface area contributed by atoms with Gasteiger partial charge in [0.1, 0.15) is 13.2 Å². The van der Waals surface area contributed by atoms with Gasteiger partial charge in [0.05, 0.1) is 0 Å². The number of carbonyl (C=O) groups is 2. The van der Waals surface area contributed by atoms with E-state index in [4.69, 9.17) is 4.74 Å². The Bertz CT molecular complexity index is 991. The molecule has 2 aromatic carbocycles. The molecule has 0 spiro atoms. The van der Waals surface area contributed by atoms with E-state index in [1.807, 2.05) is 30.3 Å². The summed E-state index contributed by atoms with van der Waals surface area (Å²) >= 11 is 1.05. The van der Waals surface area contributed by atoms with Crippen molar-refractivity contribution in [1.82, 2.24) is 4.57 Å². The van der Waals surface area contributed by atoms with Crippen molar-refractivity contribution in [3.05, 3.63) is 86.5 Å². The number of ether oxygens (including phenoxy) is 1. The van der Waals surface area contributed by atoms with Crippen molar-refractivity contribution >= 4 is 28.9 Å². The van der Waals surface area contributed by atoms with Crippen molar-refractivity contribution in [3.63, 3.8) is 0 Å². The molecule has 0 aliphatic rings. The van der Waals surface area contributed by atoms with E-state index in [-0.39, 0.29) is 23.9 Å². The van der Waals surface area contributed by atoms with Crippen molar-refractivity contribution < 1.29 is 14.3 Å². The minimum atomic E-state index is -0.482. The number of thiazole rings is 1. The zero-order valence-corrected chi connectivity index (χ0v) is 15.5. The summed E-state index contributed by atoms with van der Waals surface area (Å²) in [4.78, 5) is 35.6. The third kappa shape index (κ3) is 4.92. The van der Waals surface area contributed by atoms with Crippen molar-refractivity contribution in [2.45, 2.75) is 20.1 Å². The molecule has 0 atom stereocenters. The number of rotatable bonds is 6. The summed E-state index contributed by atoms with van der Waals surface area (Å²) in [7, 11) is 0. The zero-order valence-electron chi connectivity index (χ0n) is 14.7. The van der Waals surface area contributed by atoms with Crippen LogP contribution in [0.2, 0.25) is 0 Å². The normalized spacial score (nSPS) is 10.4. The highest BCUT2D eigenvalue weighted by Crippen LogP contribution is 2.11. The van der Waals surface area contributed by atoms with Gasteiger partial charge in [0, 0.05) is 22.3 Å². The second kappa shape index (κ2) is 8.46. The van der Waals surface area contributed by atoms with Crippen molar-refractivity contribution in [1.29, 1.82) is 0 Å². The van der Waals surface area contributed by atoms with Gasteiger partial charge in [-0.15, -0.1) is 0 Å². The number of aryl methyl sites for hydroxylation is 1. The fourth-order valence-corrected chi connectivity index (χ4v) is 3.15. The van der Waals surface area contributed by atoms with Gasteiger partial charge in [-0.05, 0) is 36.8 Å². The van der Waals surface area contributed by atoms with E-state index in [0.717, 1.165) is 28.3 Å². The Balaban J connectivity index is 1.54. The number of nitrogens with zero attached hydrogens (tertiary/aromatic N) is 1. The Labute approximate surface area is 160 Å². The topological polar surface area (TPSA) is 77.4 Å². The molecule has 0 fully saturated rings. The smallest absolute Gasteiger partial charge is 0.326 e. The summed E-state index contributed by atoms with van der Waals surface area (Å²) in [5.74, 6) is -0.693. The minimum absolute atomic E-state index is 0.0807. The molecule has 1 amide bonds. The van der Waals surface area contributed by atoms with Crippen LogP contribution < -0.4 is 10.2 Å². The second-order valence-electron chi connectivity index (χ2n) is 5.91. The maximum absolute atomic E-state index is 12.2. The highest BCUT2D eigenvalue weighted by atomic mass is 32.1. The maximum atomic E-state index is 12.2. The molecule has 0 unspecified atom stereocenters. The number of carbonyl (C=O) groups excluding carboxylic acids is 2. The lowest BCUT2D eigenvalue weighted by molar-refractivity contribution is -0.145. The Kier molecular flexibility index (Phi) is 5.83. The van der Waals surface area contributed by atoms with Gasteiger partial charge < -0.3 is 10.1 Å². The van der Waals surface area contributed by atoms with Gasteiger partial charge in [-0.3, -0.25) is 19.0 Å².